The quantitative estimate of drug-likeness (QED) is 0.850. The zero-order valence-corrected chi connectivity index (χ0v) is 10.9. The Balaban J connectivity index is 1.88. The Morgan fingerprint density at radius 2 is 2.39 bits per heavy atom. The van der Waals surface area contributed by atoms with Crippen LogP contribution in [0, 0.1) is 0 Å². The molecule has 1 saturated heterocycles. The maximum absolute atomic E-state index is 11.5. The summed E-state index contributed by atoms with van der Waals surface area (Å²) in [6.07, 6.45) is 0.587. The molecule has 1 heterocycles. The van der Waals surface area contributed by atoms with Crippen LogP contribution < -0.4 is 10.1 Å². The van der Waals surface area contributed by atoms with E-state index in [1.165, 1.54) is 0 Å². The summed E-state index contributed by atoms with van der Waals surface area (Å²) in [5.74, 6) is 0.508. The van der Waals surface area contributed by atoms with E-state index in [1.54, 1.807) is 19.1 Å². The van der Waals surface area contributed by atoms with Crippen molar-refractivity contribution in [2.75, 3.05) is 13.2 Å². The van der Waals surface area contributed by atoms with E-state index in [-0.39, 0.29) is 18.1 Å². The molecular formula is C13H16ClNO3. The maximum atomic E-state index is 11.5. The third kappa shape index (κ3) is 3.37. The van der Waals surface area contributed by atoms with Crippen molar-refractivity contribution in [2.45, 2.75) is 25.5 Å². The highest BCUT2D eigenvalue weighted by atomic mass is 35.5. The number of nitrogens with one attached hydrogen (secondary N) is 1. The van der Waals surface area contributed by atoms with Gasteiger partial charge in [-0.1, -0.05) is 17.7 Å². The number of carbonyl (C=O) groups is 1. The van der Waals surface area contributed by atoms with Gasteiger partial charge in [-0.25, -0.2) is 0 Å². The normalized spacial score (nSPS) is 22.8. The molecule has 1 aromatic rings. The number of esters is 1. The third-order valence-electron chi connectivity index (χ3n) is 2.76. The fraction of sp³-hybridized carbons (Fsp3) is 0.462. The molecule has 0 amide bonds. The van der Waals surface area contributed by atoms with E-state index in [1.807, 2.05) is 12.1 Å². The zero-order chi connectivity index (χ0) is 13.0. The minimum atomic E-state index is -0.269. The molecule has 0 aliphatic carbocycles. The summed E-state index contributed by atoms with van der Waals surface area (Å²) in [6.45, 7) is 2.83. The van der Waals surface area contributed by atoms with E-state index in [4.69, 9.17) is 21.1 Å². The Morgan fingerprint density at radius 1 is 1.56 bits per heavy atom. The summed E-state index contributed by atoms with van der Waals surface area (Å²) in [6, 6.07) is 6.98. The van der Waals surface area contributed by atoms with Gasteiger partial charge in [0.25, 0.3) is 0 Å². The first-order valence-corrected chi connectivity index (χ1v) is 6.39. The Labute approximate surface area is 111 Å². The van der Waals surface area contributed by atoms with Crippen LogP contribution in [0.2, 0.25) is 5.02 Å². The average molecular weight is 270 g/mol. The van der Waals surface area contributed by atoms with Gasteiger partial charge in [0.2, 0.25) is 0 Å². The smallest absolute Gasteiger partial charge is 0.323 e. The van der Waals surface area contributed by atoms with Crippen LogP contribution >= 0.6 is 11.6 Å². The van der Waals surface area contributed by atoms with Crippen LogP contribution in [0.1, 0.15) is 13.3 Å². The van der Waals surface area contributed by atoms with Crippen molar-refractivity contribution in [1.82, 2.24) is 5.32 Å². The van der Waals surface area contributed by atoms with Crippen molar-refractivity contribution in [3.05, 3.63) is 29.3 Å². The Hall–Kier alpha value is -1.26. The molecule has 0 radical (unpaired) electrons. The number of rotatable bonds is 4. The Bertz CT molecular complexity index is 424. The van der Waals surface area contributed by atoms with E-state index in [2.05, 4.69) is 5.32 Å². The summed E-state index contributed by atoms with van der Waals surface area (Å²) >= 11 is 5.88. The van der Waals surface area contributed by atoms with Crippen LogP contribution in [-0.2, 0) is 9.53 Å². The van der Waals surface area contributed by atoms with Crippen LogP contribution in [0.15, 0.2) is 24.3 Å². The van der Waals surface area contributed by atoms with E-state index in [9.17, 15) is 4.79 Å². The predicted molar refractivity (Wildman–Crippen MR) is 68.9 cm³/mol. The predicted octanol–water partition coefficient (Wildman–Crippen LogP) is 2.01. The first kappa shape index (κ1) is 13.2. The SMILES string of the molecule is CCOC(=O)C1CC(Oc2cccc(Cl)c2)CN1. The average Bonchev–Trinajstić information content (AvgIpc) is 2.78. The van der Waals surface area contributed by atoms with Crippen LogP contribution in [0.3, 0.4) is 0 Å². The molecule has 4 nitrogen and oxygen atoms in total. The molecule has 5 heteroatoms. The molecule has 0 aromatic heterocycles. The monoisotopic (exact) mass is 269 g/mol. The zero-order valence-electron chi connectivity index (χ0n) is 10.2. The number of benzene rings is 1. The molecule has 1 aliphatic heterocycles. The minimum absolute atomic E-state index is 0.0297. The molecular weight excluding hydrogens is 254 g/mol. The van der Waals surface area contributed by atoms with E-state index in [0.29, 0.717) is 24.6 Å². The number of hydrogen-bond acceptors (Lipinski definition) is 4. The van der Waals surface area contributed by atoms with Gasteiger partial charge in [-0.05, 0) is 25.1 Å². The van der Waals surface area contributed by atoms with Crippen molar-refractivity contribution >= 4 is 17.6 Å². The van der Waals surface area contributed by atoms with Gasteiger partial charge in [0.1, 0.15) is 17.9 Å². The minimum Gasteiger partial charge on any atom is -0.489 e. The van der Waals surface area contributed by atoms with Gasteiger partial charge in [0.05, 0.1) is 6.61 Å². The topological polar surface area (TPSA) is 47.6 Å². The number of carbonyl (C=O) groups excluding carboxylic acids is 1. The van der Waals surface area contributed by atoms with Crippen LogP contribution in [0.4, 0.5) is 0 Å². The lowest BCUT2D eigenvalue weighted by molar-refractivity contribution is -0.145. The van der Waals surface area contributed by atoms with Crippen LogP contribution in [0.5, 0.6) is 5.75 Å². The molecule has 0 saturated carbocycles. The third-order valence-corrected chi connectivity index (χ3v) is 3.00. The number of halogens is 1. The second-order valence-corrected chi connectivity index (χ2v) is 4.58. The molecule has 2 rings (SSSR count). The maximum Gasteiger partial charge on any atom is 0.323 e. The molecule has 0 bridgehead atoms. The summed E-state index contributed by atoms with van der Waals surface area (Å²) in [5.41, 5.74) is 0. The largest absolute Gasteiger partial charge is 0.489 e. The van der Waals surface area contributed by atoms with Crippen molar-refractivity contribution in [1.29, 1.82) is 0 Å². The van der Waals surface area contributed by atoms with Gasteiger partial charge in [-0.15, -0.1) is 0 Å². The molecule has 1 N–H and O–H groups in total. The Kier molecular flexibility index (Phi) is 4.44. The van der Waals surface area contributed by atoms with E-state index >= 15 is 0 Å². The van der Waals surface area contributed by atoms with Crippen molar-refractivity contribution in [3.63, 3.8) is 0 Å². The molecule has 1 fully saturated rings. The second kappa shape index (κ2) is 6.07. The first-order chi connectivity index (χ1) is 8.69. The van der Waals surface area contributed by atoms with Gasteiger partial charge < -0.3 is 14.8 Å². The molecule has 1 aromatic carbocycles. The summed E-state index contributed by atoms with van der Waals surface area (Å²) in [4.78, 5) is 11.5. The fourth-order valence-electron chi connectivity index (χ4n) is 1.95. The van der Waals surface area contributed by atoms with E-state index < -0.39 is 0 Å². The lowest BCUT2D eigenvalue weighted by Crippen LogP contribution is -2.32. The number of ether oxygens (including phenoxy) is 2. The van der Waals surface area contributed by atoms with Gasteiger partial charge in [0.15, 0.2) is 0 Å². The highest BCUT2D eigenvalue weighted by Crippen LogP contribution is 2.21. The van der Waals surface area contributed by atoms with Gasteiger partial charge in [-0.2, -0.15) is 0 Å². The van der Waals surface area contributed by atoms with Gasteiger partial charge >= 0.3 is 5.97 Å². The second-order valence-electron chi connectivity index (χ2n) is 4.15. The molecule has 18 heavy (non-hydrogen) atoms. The standard InChI is InChI=1S/C13H16ClNO3/c1-2-17-13(16)12-7-11(8-15-12)18-10-5-3-4-9(14)6-10/h3-6,11-12,15H,2,7-8H2,1H3. The summed E-state index contributed by atoms with van der Waals surface area (Å²) in [5, 5.41) is 3.73. The highest BCUT2D eigenvalue weighted by molar-refractivity contribution is 6.30. The van der Waals surface area contributed by atoms with Crippen LogP contribution in [0.25, 0.3) is 0 Å². The molecule has 2 unspecified atom stereocenters. The molecule has 98 valence electrons. The summed E-state index contributed by atoms with van der Waals surface area (Å²) < 4.78 is 10.7. The van der Waals surface area contributed by atoms with Crippen molar-refractivity contribution in [3.8, 4) is 5.75 Å². The lowest BCUT2D eigenvalue weighted by Gasteiger charge is -2.13. The van der Waals surface area contributed by atoms with E-state index in [0.717, 1.165) is 5.75 Å². The first-order valence-electron chi connectivity index (χ1n) is 6.01. The number of hydrogen-bond donors (Lipinski definition) is 1. The van der Waals surface area contributed by atoms with Crippen molar-refractivity contribution < 1.29 is 14.3 Å². The molecule has 1 aliphatic rings. The molecule has 0 spiro atoms. The van der Waals surface area contributed by atoms with Gasteiger partial charge in [0, 0.05) is 18.0 Å². The highest BCUT2D eigenvalue weighted by Gasteiger charge is 2.31. The van der Waals surface area contributed by atoms with Crippen molar-refractivity contribution in [2.24, 2.45) is 0 Å². The van der Waals surface area contributed by atoms with Crippen LogP contribution in [-0.4, -0.2) is 31.3 Å². The molecule has 2 atom stereocenters. The van der Waals surface area contributed by atoms with Gasteiger partial charge in [-0.3, -0.25) is 4.79 Å². The fourth-order valence-corrected chi connectivity index (χ4v) is 2.13. The summed E-state index contributed by atoms with van der Waals surface area (Å²) in [7, 11) is 0. The lowest BCUT2D eigenvalue weighted by atomic mass is 10.2. The Morgan fingerprint density at radius 3 is 3.11 bits per heavy atom.